The van der Waals surface area contributed by atoms with Gasteiger partial charge in [0.25, 0.3) is 5.91 Å². The molecule has 130 valence electrons. The van der Waals surface area contributed by atoms with Gasteiger partial charge in [0.15, 0.2) is 10.8 Å². The maximum atomic E-state index is 12.5. The predicted octanol–water partition coefficient (Wildman–Crippen LogP) is 3.67. The van der Waals surface area contributed by atoms with Crippen molar-refractivity contribution in [2.45, 2.75) is 26.8 Å². The summed E-state index contributed by atoms with van der Waals surface area (Å²) in [5.74, 6) is -0.733. The van der Waals surface area contributed by atoms with Crippen LogP contribution in [0.2, 0.25) is 0 Å². The molecule has 1 amide bonds. The second-order valence-electron chi connectivity index (χ2n) is 5.37. The molecule has 0 bridgehead atoms. The fraction of sp³-hybridized carbons (Fsp3) is 0.250. The quantitative estimate of drug-likeness (QED) is 0.703. The van der Waals surface area contributed by atoms with Gasteiger partial charge in [0.2, 0.25) is 0 Å². The number of hydrogen-bond donors (Lipinski definition) is 2. The highest BCUT2D eigenvalue weighted by atomic mass is 32.1. The maximum absolute atomic E-state index is 12.5. The number of furan rings is 1. The third-order valence-corrected chi connectivity index (χ3v) is 5.78. The lowest BCUT2D eigenvalue weighted by Gasteiger charge is -2.10. The minimum atomic E-state index is -1.02. The van der Waals surface area contributed by atoms with E-state index in [9.17, 15) is 9.59 Å². The van der Waals surface area contributed by atoms with Crippen LogP contribution in [0.3, 0.4) is 0 Å². The predicted molar refractivity (Wildman–Crippen MR) is 94.2 cm³/mol. The Morgan fingerprint density at radius 2 is 2.04 bits per heavy atom. The minimum absolute atomic E-state index is 0.182. The maximum Gasteiger partial charge on any atom is 0.347 e. The number of carboxylic acid groups (broad SMARTS) is 1. The summed E-state index contributed by atoms with van der Waals surface area (Å²) in [6, 6.07) is 3.13. The highest BCUT2D eigenvalue weighted by molar-refractivity contribution is 7.15. The number of nitrogens with one attached hydrogen (secondary N) is 1. The standard InChI is InChI=1S/C16H15N3O4S2/c1-7-12(16(21)22)25-14(18-7)8(2)17-13(20)11-9(3)24-15(19-11)10-5-4-6-23-10/h4-6,8H,1-3H3,(H,17,20)(H,21,22). The Morgan fingerprint density at radius 3 is 2.64 bits per heavy atom. The van der Waals surface area contributed by atoms with Gasteiger partial charge in [0.05, 0.1) is 18.0 Å². The van der Waals surface area contributed by atoms with Crippen molar-refractivity contribution in [3.05, 3.63) is 44.5 Å². The normalized spacial score (nSPS) is 12.1. The van der Waals surface area contributed by atoms with E-state index in [2.05, 4.69) is 15.3 Å². The molecule has 0 aliphatic carbocycles. The molecular formula is C16H15N3O4S2. The molecule has 0 aromatic carbocycles. The van der Waals surface area contributed by atoms with Crippen LogP contribution in [0, 0.1) is 13.8 Å². The molecule has 9 heteroatoms. The zero-order chi connectivity index (χ0) is 18.1. The lowest BCUT2D eigenvalue weighted by atomic mass is 10.3. The number of carboxylic acids is 1. The molecular weight excluding hydrogens is 362 g/mol. The first-order valence-corrected chi connectivity index (χ1v) is 9.03. The number of thiazole rings is 2. The molecule has 3 heterocycles. The monoisotopic (exact) mass is 377 g/mol. The van der Waals surface area contributed by atoms with Crippen LogP contribution in [-0.4, -0.2) is 27.0 Å². The summed E-state index contributed by atoms with van der Waals surface area (Å²) in [6.45, 7) is 5.22. The molecule has 1 unspecified atom stereocenters. The second-order valence-corrected chi connectivity index (χ2v) is 7.60. The number of carbonyl (C=O) groups is 2. The van der Waals surface area contributed by atoms with E-state index in [1.165, 1.54) is 11.3 Å². The number of hydrogen-bond acceptors (Lipinski definition) is 7. The van der Waals surface area contributed by atoms with Gasteiger partial charge in [-0.25, -0.2) is 14.8 Å². The fourth-order valence-electron chi connectivity index (χ4n) is 2.24. The average Bonchev–Trinajstić information content (AvgIpc) is 3.25. The van der Waals surface area contributed by atoms with Crippen LogP contribution in [0.5, 0.6) is 0 Å². The highest BCUT2D eigenvalue weighted by Gasteiger charge is 2.22. The van der Waals surface area contributed by atoms with Crippen molar-refractivity contribution < 1.29 is 19.1 Å². The third-order valence-electron chi connectivity index (χ3n) is 3.47. The van der Waals surface area contributed by atoms with Gasteiger partial charge in [-0.1, -0.05) is 0 Å². The van der Waals surface area contributed by atoms with E-state index in [1.807, 2.05) is 6.92 Å². The SMILES string of the molecule is Cc1nc(C(C)NC(=O)c2nc(-c3ccco3)sc2C)sc1C(=O)O. The molecule has 3 rings (SSSR count). The van der Waals surface area contributed by atoms with Gasteiger partial charge in [0, 0.05) is 4.88 Å². The van der Waals surface area contributed by atoms with Gasteiger partial charge in [-0.3, -0.25) is 4.79 Å². The first-order chi connectivity index (χ1) is 11.9. The summed E-state index contributed by atoms with van der Waals surface area (Å²) in [4.78, 5) is 33.2. The first-order valence-electron chi connectivity index (χ1n) is 7.39. The Labute approximate surface area is 151 Å². The summed E-state index contributed by atoms with van der Waals surface area (Å²) in [7, 11) is 0. The van der Waals surface area contributed by atoms with E-state index in [0.717, 1.165) is 16.2 Å². The van der Waals surface area contributed by atoms with E-state index in [4.69, 9.17) is 9.52 Å². The van der Waals surface area contributed by atoms with E-state index in [-0.39, 0.29) is 10.8 Å². The second kappa shape index (κ2) is 6.77. The third kappa shape index (κ3) is 3.47. The van der Waals surface area contributed by atoms with Crippen LogP contribution in [0.1, 0.15) is 48.7 Å². The van der Waals surface area contributed by atoms with Crippen molar-refractivity contribution in [2.75, 3.05) is 0 Å². The molecule has 0 spiro atoms. The molecule has 0 saturated carbocycles. The van der Waals surface area contributed by atoms with Gasteiger partial charge in [-0.05, 0) is 32.9 Å². The molecule has 0 aliphatic rings. The van der Waals surface area contributed by atoms with Crippen LogP contribution in [0.25, 0.3) is 10.8 Å². The molecule has 3 aromatic rings. The molecule has 0 radical (unpaired) electrons. The van der Waals surface area contributed by atoms with Gasteiger partial charge in [0.1, 0.15) is 15.6 Å². The lowest BCUT2D eigenvalue weighted by Crippen LogP contribution is -2.27. The van der Waals surface area contributed by atoms with Crippen molar-refractivity contribution >= 4 is 34.6 Å². The van der Waals surface area contributed by atoms with E-state index in [1.54, 1.807) is 32.2 Å². The average molecular weight is 377 g/mol. The Kier molecular flexibility index (Phi) is 4.69. The zero-order valence-corrected chi connectivity index (χ0v) is 15.3. The Hall–Kier alpha value is -2.52. The molecule has 25 heavy (non-hydrogen) atoms. The van der Waals surface area contributed by atoms with E-state index in [0.29, 0.717) is 27.2 Å². The summed E-state index contributed by atoms with van der Waals surface area (Å²) in [5.41, 5.74) is 0.772. The van der Waals surface area contributed by atoms with Gasteiger partial charge in [-0.2, -0.15) is 0 Å². The number of rotatable bonds is 5. The summed E-state index contributed by atoms with van der Waals surface area (Å²) in [5, 5.41) is 13.1. The summed E-state index contributed by atoms with van der Waals surface area (Å²) < 4.78 is 5.31. The number of nitrogens with zero attached hydrogens (tertiary/aromatic N) is 2. The number of amides is 1. The highest BCUT2D eigenvalue weighted by Crippen LogP contribution is 2.29. The Balaban J connectivity index is 1.78. The van der Waals surface area contributed by atoms with Gasteiger partial charge >= 0.3 is 5.97 Å². The molecule has 0 aliphatic heterocycles. The van der Waals surface area contributed by atoms with Crippen molar-refractivity contribution in [1.29, 1.82) is 0 Å². The molecule has 3 aromatic heterocycles. The number of aromatic carboxylic acids is 1. The topological polar surface area (TPSA) is 105 Å². The molecule has 1 atom stereocenters. The van der Waals surface area contributed by atoms with Gasteiger partial charge < -0.3 is 14.8 Å². The largest absolute Gasteiger partial charge is 0.477 e. The number of carbonyl (C=O) groups excluding carboxylic acids is 1. The Morgan fingerprint density at radius 1 is 1.28 bits per heavy atom. The van der Waals surface area contributed by atoms with Crippen molar-refractivity contribution in [3.63, 3.8) is 0 Å². The fourth-order valence-corrected chi connectivity index (χ4v) is 4.03. The number of aryl methyl sites for hydroxylation is 2. The first kappa shape index (κ1) is 17.3. The number of aromatic nitrogens is 2. The van der Waals surface area contributed by atoms with Gasteiger partial charge in [-0.15, -0.1) is 22.7 Å². The zero-order valence-electron chi connectivity index (χ0n) is 13.7. The van der Waals surface area contributed by atoms with Crippen molar-refractivity contribution in [3.8, 4) is 10.8 Å². The van der Waals surface area contributed by atoms with Crippen LogP contribution >= 0.6 is 22.7 Å². The van der Waals surface area contributed by atoms with E-state index >= 15 is 0 Å². The van der Waals surface area contributed by atoms with Crippen LogP contribution in [0.15, 0.2) is 22.8 Å². The smallest absolute Gasteiger partial charge is 0.347 e. The molecule has 7 nitrogen and oxygen atoms in total. The Bertz CT molecular complexity index is 927. The van der Waals surface area contributed by atoms with Crippen LogP contribution < -0.4 is 5.32 Å². The minimum Gasteiger partial charge on any atom is -0.477 e. The lowest BCUT2D eigenvalue weighted by molar-refractivity contribution is 0.0701. The van der Waals surface area contributed by atoms with Crippen molar-refractivity contribution in [1.82, 2.24) is 15.3 Å². The summed E-state index contributed by atoms with van der Waals surface area (Å²) in [6.07, 6.45) is 1.55. The van der Waals surface area contributed by atoms with Crippen LogP contribution in [0.4, 0.5) is 0 Å². The summed E-state index contributed by atoms with van der Waals surface area (Å²) >= 11 is 2.44. The van der Waals surface area contributed by atoms with Crippen LogP contribution in [-0.2, 0) is 0 Å². The van der Waals surface area contributed by atoms with E-state index < -0.39 is 12.0 Å². The molecule has 2 N–H and O–H groups in total. The molecule has 0 saturated heterocycles. The molecule has 0 fully saturated rings. The van der Waals surface area contributed by atoms with Crippen molar-refractivity contribution in [2.24, 2.45) is 0 Å².